The molecule has 7 heteroatoms. The van der Waals surface area contributed by atoms with E-state index < -0.39 is 11.9 Å². The van der Waals surface area contributed by atoms with Gasteiger partial charge in [-0.25, -0.2) is 9.59 Å². The van der Waals surface area contributed by atoms with Crippen molar-refractivity contribution in [3.05, 3.63) is 126 Å². The van der Waals surface area contributed by atoms with Gasteiger partial charge in [-0.05, 0) is 16.7 Å². The second-order valence-electron chi connectivity index (χ2n) is 9.04. The van der Waals surface area contributed by atoms with Gasteiger partial charge < -0.3 is 14.9 Å². The van der Waals surface area contributed by atoms with Gasteiger partial charge in [0.2, 0.25) is 0 Å². The standard InChI is InChI=1S/C28H32N2O.C4H4O4/c1-4-11-25(12-5-1)13-10-18-29-19-21-30(22-20-29)23-24-31-28(26-14-6-2-7-15-26)27-16-8-3-9-17-27;5-3(6)1-2-4(7)8/h1-17,28H,18-24H2;1-2H,(H,5,6)(H,7,8)/b;2-1-. The number of rotatable bonds is 11. The molecular formula is C32H36N2O5. The summed E-state index contributed by atoms with van der Waals surface area (Å²) in [7, 11) is 0. The van der Waals surface area contributed by atoms with E-state index in [-0.39, 0.29) is 6.10 Å². The second-order valence-corrected chi connectivity index (χ2v) is 9.04. The minimum absolute atomic E-state index is 0.00758. The molecule has 4 rings (SSSR count). The highest BCUT2D eigenvalue weighted by molar-refractivity contribution is 5.89. The van der Waals surface area contributed by atoms with E-state index in [0.29, 0.717) is 12.2 Å². The topological polar surface area (TPSA) is 90.3 Å². The molecule has 0 amide bonds. The maximum absolute atomic E-state index is 9.55. The largest absolute Gasteiger partial charge is 0.478 e. The van der Waals surface area contributed by atoms with Crippen LogP contribution in [0.1, 0.15) is 22.8 Å². The SMILES string of the molecule is C(=Cc1ccccc1)CN1CCN(CCOC(c2ccccc2)c2ccccc2)CC1.O=C(O)/C=C\C(=O)O. The summed E-state index contributed by atoms with van der Waals surface area (Å²) in [5, 5.41) is 15.6. The van der Waals surface area contributed by atoms with Crippen LogP contribution >= 0.6 is 0 Å². The summed E-state index contributed by atoms with van der Waals surface area (Å²) >= 11 is 0. The molecule has 204 valence electrons. The predicted octanol–water partition coefficient (Wildman–Crippen LogP) is 4.84. The maximum atomic E-state index is 9.55. The molecule has 0 spiro atoms. The molecular weight excluding hydrogens is 492 g/mol. The molecule has 0 unspecified atom stereocenters. The Morgan fingerprint density at radius 1 is 0.718 bits per heavy atom. The maximum Gasteiger partial charge on any atom is 0.328 e. The van der Waals surface area contributed by atoms with E-state index in [1.807, 2.05) is 0 Å². The highest BCUT2D eigenvalue weighted by Crippen LogP contribution is 2.25. The summed E-state index contributed by atoms with van der Waals surface area (Å²) in [6.45, 7) is 7.16. The van der Waals surface area contributed by atoms with Crippen LogP contribution in [0.4, 0.5) is 0 Å². The number of carboxylic acids is 2. The number of nitrogens with zero attached hydrogens (tertiary/aromatic N) is 2. The molecule has 1 aliphatic rings. The molecule has 1 aliphatic heterocycles. The zero-order chi connectivity index (χ0) is 27.7. The number of ether oxygens (including phenoxy) is 1. The van der Waals surface area contributed by atoms with E-state index in [4.69, 9.17) is 14.9 Å². The first-order chi connectivity index (χ1) is 19.0. The molecule has 0 atom stereocenters. The fourth-order valence-corrected chi connectivity index (χ4v) is 4.18. The van der Waals surface area contributed by atoms with Crippen LogP contribution in [0, 0.1) is 0 Å². The van der Waals surface area contributed by atoms with Gasteiger partial charge in [0.15, 0.2) is 0 Å². The Balaban J connectivity index is 0.000000459. The summed E-state index contributed by atoms with van der Waals surface area (Å²) in [5.41, 5.74) is 3.69. The van der Waals surface area contributed by atoms with E-state index in [0.717, 1.165) is 45.9 Å². The van der Waals surface area contributed by atoms with Crippen LogP contribution in [0.5, 0.6) is 0 Å². The minimum atomic E-state index is -1.26. The van der Waals surface area contributed by atoms with Crippen molar-refractivity contribution in [1.82, 2.24) is 9.80 Å². The van der Waals surface area contributed by atoms with E-state index in [9.17, 15) is 9.59 Å². The summed E-state index contributed by atoms with van der Waals surface area (Å²) in [4.78, 5) is 24.1. The number of hydrogen-bond acceptors (Lipinski definition) is 5. The summed E-state index contributed by atoms with van der Waals surface area (Å²) in [6, 6.07) is 31.6. The molecule has 7 nitrogen and oxygen atoms in total. The molecule has 39 heavy (non-hydrogen) atoms. The number of carbonyl (C=O) groups is 2. The average molecular weight is 529 g/mol. The molecule has 3 aromatic carbocycles. The fourth-order valence-electron chi connectivity index (χ4n) is 4.18. The van der Waals surface area contributed by atoms with Gasteiger partial charge in [-0.2, -0.15) is 0 Å². The first kappa shape index (κ1) is 29.5. The highest BCUT2D eigenvalue weighted by Gasteiger charge is 2.18. The molecule has 0 radical (unpaired) electrons. The number of piperazine rings is 1. The Hall–Kier alpha value is -4.04. The van der Waals surface area contributed by atoms with Crippen molar-refractivity contribution in [2.24, 2.45) is 0 Å². The highest BCUT2D eigenvalue weighted by atomic mass is 16.5. The molecule has 0 aliphatic carbocycles. The monoisotopic (exact) mass is 528 g/mol. The Morgan fingerprint density at radius 2 is 1.18 bits per heavy atom. The predicted molar refractivity (Wildman–Crippen MR) is 153 cm³/mol. The Labute approximate surface area is 230 Å². The van der Waals surface area contributed by atoms with Gasteiger partial charge in [0.25, 0.3) is 0 Å². The van der Waals surface area contributed by atoms with Crippen molar-refractivity contribution >= 4 is 18.0 Å². The molecule has 1 heterocycles. The van der Waals surface area contributed by atoms with Crippen LogP contribution in [0.15, 0.2) is 109 Å². The summed E-state index contributed by atoms with van der Waals surface area (Å²) in [6.07, 6.45) is 5.60. The van der Waals surface area contributed by atoms with E-state index in [1.165, 1.54) is 16.7 Å². The Morgan fingerprint density at radius 3 is 1.67 bits per heavy atom. The van der Waals surface area contributed by atoms with Crippen LogP contribution in [-0.4, -0.2) is 77.8 Å². The first-order valence-electron chi connectivity index (χ1n) is 13.0. The van der Waals surface area contributed by atoms with Gasteiger partial charge in [0.05, 0.1) is 6.61 Å². The van der Waals surface area contributed by atoms with Crippen LogP contribution in [0.2, 0.25) is 0 Å². The van der Waals surface area contributed by atoms with E-state index in [2.05, 4.69) is 113 Å². The first-order valence-corrected chi connectivity index (χ1v) is 13.0. The van der Waals surface area contributed by atoms with Crippen LogP contribution < -0.4 is 0 Å². The molecule has 0 aromatic heterocycles. The van der Waals surface area contributed by atoms with Gasteiger partial charge in [-0.3, -0.25) is 9.80 Å². The zero-order valence-corrected chi connectivity index (χ0v) is 22.0. The Kier molecular flexibility index (Phi) is 12.7. The smallest absolute Gasteiger partial charge is 0.328 e. The average Bonchev–Trinajstić information content (AvgIpc) is 2.97. The number of aliphatic carboxylic acids is 2. The van der Waals surface area contributed by atoms with Crippen molar-refractivity contribution in [1.29, 1.82) is 0 Å². The molecule has 2 N–H and O–H groups in total. The van der Waals surface area contributed by atoms with E-state index >= 15 is 0 Å². The third kappa shape index (κ3) is 11.5. The lowest BCUT2D eigenvalue weighted by Gasteiger charge is -2.34. The van der Waals surface area contributed by atoms with Crippen molar-refractivity contribution in [2.75, 3.05) is 45.9 Å². The van der Waals surface area contributed by atoms with Crippen molar-refractivity contribution in [3.63, 3.8) is 0 Å². The molecule has 3 aromatic rings. The third-order valence-corrected chi connectivity index (χ3v) is 6.20. The lowest BCUT2D eigenvalue weighted by Crippen LogP contribution is -2.47. The normalized spacial score (nSPS) is 14.4. The summed E-state index contributed by atoms with van der Waals surface area (Å²) < 4.78 is 6.39. The van der Waals surface area contributed by atoms with Gasteiger partial charge in [-0.1, -0.05) is 103 Å². The lowest BCUT2D eigenvalue weighted by atomic mass is 10.0. The van der Waals surface area contributed by atoms with Gasteiger partial charge >= 0.3 is 11.9 Å². The fraction of sp³-hybridized carbons (Fsp3) is 0.250. The number of hydrogen-bond donors (Lipinski definition) is 2. The Bertz CT molecular complexity index is 1120. The molecule has 1 fully saturated rings. The van der Waals surface area contributed by atoms with Gasteiger partial charge in [0.1, 0.15) is 6.10 Å². The molecule has 0 bridgehead atoms. The van der Waals surface area contributed by atoms with Crippen LogP contribution in [-0.2, 0) is 14.3 Å². The summed E-state index contributed by atoms with van der Waals surface area (Å²) in [5.74, 6) is -2.51. The van der Waals surface area contributed by atoms with Crippen molar-refractivity contribution in [2.45, 2.75) is 6.10 Å². The lowest BCUT2D eigenvalue weighted by molar-refractivity contribution is -0.134. The van der Waals surface area contributed by atoms with Crippen LogP contribution in [0.25, 0.3) is 6.08 Å². The zero-order valence-electron chi connectivity index (χ0n) is 22.0. The minimum Gasteiger partial charge on any atom is -0.478 e. The quantitative estimate of drug-likeness (QED) is 0.344. The molecule has 1 saturated heterocycles. The van der Waals surface area contributed by atoms with Gasteiger partial charge in [0, 0.05) is 51.4 Å². The molecule has 0 saturated carbocycles. The van der Waals surface area contributed by atoms with Crippen molar-refractivity contribution < 1.29 is 24.5 Å². The number of carboxylic acid groups (broad SMARTS) is 2. The number of benzene rings is 3. The van der Waals surface area contributed by atoms with Crippen molar-refractivity contribution in [3.8, 4) is 0 Å². The third-order valence-electron chi connectivity index (χ3n) is 6.20. The van der Waals surface area contributed by atoms with Crippen LogP contribution in [0.3, 0.4) is 0 Å². The second kappa shape index (κ2) is 16.7. The van der Waals surface area contributed by atoms with E-state index in [1.54, 1.807) is 0 Å². The van der Waals surface area contributed by atoms with Gasteiger partial charge in [-0.15, -0.1) is 0 Å².